The lowest BCUT2D eigenvalue weighted by atomic mass is 10.0. The fourth-order valence-corrected chi connectivity index (χ4v) is 2.66. The monoisotopic (exact) mass is 289 g/mol. The third-order valence-corrected chi connectivity index (χ3v) is 3.87. The number of nitrogens with one attached hydrogen (secondary N) is 2. The molecule has 114 valence electrons. The molecule has 0 aromatic heterocycles. The minimum atomic E-state index is -0.163. The number of rotatable bonds is 5. The van der Waals surface area contributed by atoms with Crippen LogP contribution in [0, 0.1) is 5.92 Å². The van der Waals surface area contributed by atoms with Crippen molar-refractivity contribution in [2.24, 2.45) is 11.7 Å². The second-order valence-corrected chi connectivity index (χ2v) is 5.49. The third-order valence-electron chi connectivity index (χ3n) is 3.87. The zero-order valence-corrected chi connectivity index (χ0v) is 12.4. The van der Waals surface area contributed by atoms with Crippen LogP contribution in [0.15, 0.2) is 24.3 Å². The first-order chi connectivity index (χ1) is 10.1. The minimum Gasteiger partial charge on any atom is -0.352 e. The summed E-state index contributed by atoms with van der Waals surface area (Å²) in [5, 5.41) is 5.69. The molecule has 1 aromatic rings. The Bertz CT molecular complexity index is 516. The number of para-hydroxylation sites is 1. The number of hydrogen-bond donors (Lipinski definition) is 3. The number of carbonyl (C=O) groups excluding carboxylic acids is 2. The highest BCUT2D eigenvalue weighted by atomic mass is 16.2. The summed E-state index contributed by atoms with van der Waals surface area (Å²) in [6.07, 6.45) is 3.56. The molecule has 1 aliphatic rings. The molecule has 4 N–H and O–H groups in total. The molecular weight excluding hydrogens is 266 g/mol. The van der Waals surface area contributed by atoms with E-state index in [9.17, 15) is 9.59 Å². The number of nitrogens with two attached hydrogens (primary N) is 1. The fraction of sp³-hybridized carbons (Fsp3) is 0.500. The molecule has 1 aromatic carbocycles. The average Bonchev–Trinajstić information content (AvgIpc) is 2.91. The van der Waals surface area contributed by atoms with Gasteiger partial charge < -0.3 is 16.4 Å². The van der Waals surface area contributed by atoms with Crippen molar-refractivity contribution >= 4 is 17.5 Å². The van der Waals surface area contributed by atoms with E-state index in [0.29, 0.717) is 17.8 Å². The van der Waals surface area contributed by atoms with Gasteiger partial charge in [0.2, 0.25) is 5.91 Å². The van der Waals surface area contributed by atoms with Gasteiger partial charge in [0.15, 0.2) is 0 Å². The molecule has 1 saturated carbocycles. The van der Waals surface area contributed by atoms with E-state index >= 15 is 0 Å². The Morgan fingerprint density at radius 3 is 2.71 bits per heavy atom. The molecule has 5 heteroatoms. The molecular formula is C16H23N3O2. The number of amides is 2. The van der Waals surface area contributed by atoms with E-state index in [0.717, 1.165) is 25.7 Å². The Balaban J connectivity index is 2.09. The van der Waals surface area contributed by atoms with Gasteiger partial charge in [0, 0.05) is 12.6 Å². The zero-order chi connectivity index (χ0) is 15.2. The van der Waals surface area contributed by atoms with Crippen LogP contribution in [0.3, 0.4) is 0 Å². The van der Waals surface area contributed by atoms with Crippen LogP contribution in [0.5, 0.6) is 0 Å². The van der Waals surface area contributed by atoms with E-state index in [1.807, 2.05) is 6.92 Å². The van der Waals surface area contributed by atoms with Gasteiger partial charge in [-0.1, -0.05) is 25.5 Å². The summed E-state index contributed by atoms with van der Waals surface area (Å²) in [6, 6.07) is 6.98. The van der Waals surface area contributed by atoms with Gasteiger partial charge in [-0.2, -0.15) is 0 Å². The highest BCUT2D eigenvalue weighted by Gasteiger charge is 2.30. The smallest absolute Gasteiger partial charge is 0.253 e. The van der Waals surface area contributed by atoms with Crippen molar-refractivity contribution < 1.29 is 9.59 Å². The lowest BCUT2D eigenvalue weighted by molar-refractivity contribution is -0.120. The summed E-state index contributed by atoms with van der Waals surface area (Å²) in [7, 11) is 0. The quantitative estimate of drug-likeness (QED) is 0.774. The molecule has 0 radical (unpaired) electrons. The zero-order valence-electron chi connectivity index (χ0n) is 12.4. The lowest BCUT2D eigenvalue weighted by Crippen LogP contribution is -2.35. The topological polar surface area (TPSA) is 84.2 Å². The van der Waals surface area contributed by atoms with Gasteiger partial charge in [0.05, 0.1) is 17.2 Å². The van der Waals surface area contributed by atoms with E-state index in [2.05, 4.69) is 10.6 Å². The van der Waals surface area contributed by atoms with Gasteiger partial charge in [0.25, 0.3) is 5.91 Å². The van der Waals surface area contributed by atoms with Gasteiger partial charge in [0.1, 0.15) is 0 Å². The van der Waals surface area contributed by atoms with Crippen LogP contribution >= 0.6 is 0 Å². The molecule has 2 unspecified atom stereocenters. The van der Waals surface area contributed by atoms with Crippen molar-refractivity contribution in [3.8, 4) is 0 Å². The summed E-state index contributed by atoms with van der Waals surface area (Å²) in [5.74, 6) is -0.407. The maximum atomic E-state index is 12.3. The van der Waals surface area contributed by atoms with Crippen LogP contribution in [0.1, 0.15) is 43.0 Å². The standard InChI is InChI=1S/C16H23N3O2/c1-2-10-18-15(20)12-6-3-4-9-14(12)19-16(21)11-7-5-8-13(11)17/h3-4,6,9,11,13H,2,5,7-8,10,17H2,1H3,(H,18,20)(H,19,21). The van der Waals surface area contributed by atoms with Crippen LogP contribution < -0.4 is 16.4 Å². The number of hydrogen-bond acceptors (Lipinski definition) is 3. The van der Waals surface area contributed by atoms with Crippen molar-refractivity contribution in [1.82, 2.24) is 5.32 Å². The first-order valence-corrected chi connectivity index (χ1v) is 7.57. The summed E-state index contributed by atoms with van der Waals surface area (Å²) in [6.45, 7) is 2.62. The van der Waals surface area contributed by atoms with Gasteiger partial charge >= 0.3 is 0 Å². The van der Waals surface area contributed by atoms with Gasteiger partial charge in [-0.3, -0.25) is 9.59 Å². The average molecular weight is 289 g/mol. The fourth-order valence-electron chi connectivity index (χ4n) is 2.66. The molecule has 21 heavy (non-hydrogen) atoms. The van der Waals surface area contributed by atoms with Crippen LogP contribution in [0.2, 0.25) is 0 Å². The Labute approximate surface area is 125 Å². The molecule has 0 aliphatic heterocycles. The van der Waals surface area contributed by atoms with Gasteiger partial charge in [-0.05, 0) is 31.4 Å². The normalized spacial score (nSPS) is 21.0. The number of benzene rings is 1. The summed E-state index contributed by atoms with van der Waals surface area (Å²) < 4.78 is 0. The largest absolute Gasteiger partial charge is 0.352 e. The molecule has 0 saturated heterocycles. The Hall–Kier alpha value is -1.88. The van der Waals surface area contributed by atoms with Crippen LogP contribution in [-0.4, -0.2) is 24.4 Å². The second-order valence-electron chi connectivity index (χ2n) is 5.49. The van der Waals surface area contributed by atoms with Crippen LogP contribution in [0.25, 0.3) is 0 Å². The first-order valence-electron chi connectivity index (χ1n) is 7.57. The van der Waals surface area contributed by atoms with Crippen molar-refractivity contribution in [3.05, 3.63) is 29.8 Å². The Kier molecular flexibility index (Phi) is 5.33. The van der Waals surface area contributed by atoms with Crippen molar-refractivity contribution in [3.63, 3.8) is 0 Å². The summed E-state index contributed by atoms with van der Waals surface area (Å²) >= 11 is 0. The van der Waals surface area contributed by atoms with Crippen LogP contribution in [0.4, 0.5) is 5.69 Å². The Morgan fingerprint density at radius 2 is 2.05 bits per heavy atom. The maximum absolute atomic E-state index is 12.3. The molecule has 2 rings (SSSR count). The molecule has 1 fully saturated rings. The second kappa shape index (κ2) is 7.22. The van der Waals surface area contributed by atoms with Gasteiger partial charge in [-0.25, -0.2) is 0 Å². The highest BCUT2D eigenvalue weighted by Crippen LogP contribution is 2.26. The van der Waals surface area contributed by atoms with Gasteiger partial charge in [-0.15, -0.1) is 0 Å². The number of anilines is 1. The third kappa shape index (κ3) is 3.82. The van der Waals surface area contributed by atoms with E-state index in [4.69, 9.17) is 5.73 Å². The molecule has 5 nitrogen and oxygen atoms in total. The summed E-state index contributed by atoms with van der Waals surface area (Å²) in [5.41, 5.74) is 7.00. The molecule has 0 spiro atoms. The highest BCUT2D eigenvalue weighted by molar-refractivity contribution is 6.04. The van der Waals surface area contributed by atoms with Crippen molar-refractivity contribution in [2.75, 3.05) is 11.9 Å². The van der Waals surface area contributed by atoms with E-state index in [1.165, 1.54) is 0 Å². The maximum Gasteiger partial charge on any atom is 0.253 e. The van der Waals surface area contributed by atoms with Crippen molar-refractivity contribution in [2.45, 2.75) is 38.6 Å². The van der Waals surface area contributed by atoms with E-state index < -0.39 is 0 Å². The lowest BCUT2D eigenvalue weighted by Gasteiger charge is -2.17. The predicted molar refractivity (Wildman–Crippen MR) is 83.0 cm³/mol. The first kappa shape index (κ1) is 15.5. The SMILES string of the molecule is CCCNC(=O)c1ccccc1NC(=O)C1CCCC1N. The molecule has 2 amide bonds. The van der Waals surface area contributed by atoms with E-state index in [-0.39, 0.29) is 23.8 Å². The molecule has 0 bridgehead atoms. The number of carbonyl (C=O) groups is 2. The molecule has 1 aliphatic carbocycles. The minimum absolute atomic E-state index is 0.0777. The van der Waals surface area contributed by atoms with Crippen LogP contribution in [-0.2, 0) is 4.79 Å². The Morgan fingerprint density at radius 1 is 1.29 bits per heavy atom. The molecule has 0 heterocycles. The predicted octanol–water partition coefficient (Wildman–Crippen LogP) is 1.89. The van der Waals surface area contributed by atoms with E-state index in [1.54, 1.807) is 24.3 Å². The summed E-state index contributed by atoms with van der Waals surface area (Å²) in [4.78, 5) is 24.4. The molecule has 2 atom stereocenters. The van der Waals surface area contributed by atoms with Crippen molar-refractivity contribution in [1.29, 1.82) is 0 Å².